The van der Waals surface area contributed by atoms with Gasteiger partial charge in [-0.3, -0.25) is 4.98 Å². The molecule has 0 aliphatic carbocycles. The molecule has 0 atom stereocenters. The number of aliphatic hydroxyl groups is 1. The number of anilines is 1. The molecule has 0 aliphatic heterocycles. The normalized spacial score (nSPS) is 11.2. The van der Waals surface area contributed by atoms with Gasteiger partial charge in [-0.05, 0) is 26.2 Å². The Labute approximate surface area is 114 Å². The van der Waals surface area contributed by atoms with E-state index in [0.717, 1.165) is 29.7 Å². The lowest BCUT2D eigenvalue weighted by molar-refractivity contribution is 0.277. The summed E-state index contributed by atoms with van der Waals surface area (Å²) in [7, 11) is 6.21. The predicted molar refractivity (Wildman–Crippen MR) is 79.5 cm³/mol. The van der Waals surface area contributed by atoms with Crippen LogP contribution in [0.15, 0.2) is 30.3 Å². The molecule has 0 unspecified atom stereocenters. The third kappa shape index (κ3) is 3.22. The second-order valence-electron chi connectivity index (χ2n) is 5.03. The van der Waals surface area contributed by atoms with E-state index in [4.69, 9.17) is 0 Å². The van der Waals surface area contributed by atoms with E-state index in [-0.39, 0.29) is 6.61 Å². The molecule has 2 aromatic rings. The molecule has 0 aliphatic rings. The Morgan fingerprint density at radius 1 is 1.11 bits per heavy atom. The minimum atomic E-state index is -0.0284. The van der Waals surface area contributed by atoms with Crippen molar-refractivity contribution in [1.82, 2.24) is 9.88 Å². The van der Waals surface area contributed by atoms with Gasteiger partial charge in [0.1, 0.15) is 0 Å². The van der Waals surface area contributed by atoms with Gasteiger partial charge in [-0.1, -0.05) is 18.2 Å². The molecule has 0 bridgehead atoms. The molecule has 4 heteroatoms. The summed E-state index contributed by atoms with van der Waals surface area (Å²) in [4.78, 5) is 8.82. The van der Waals surface area contributed by atoms with Gasteiger partial charge in [-0.2, -0.15) is 0 Å². The first-order valence-electron chi connectivity index (χ1n) is 6.47. The summed E-state index contributed by atoms with van der Waals surface area (Å²) in [5.74, 6) is 0. The molecule has 1 aromatic carbocycles. The molecule has 0 spiro atoms. The Morgan fingerprint density at radius 2 is 1.84 bits per heavy atom. The van der Waals surface area contributed by atoms with Crippen molar-refractivity contribution in [1.29, 1.82) is 0 Å². The highest BCUT2D eigenvalue weighted by Gasteiger charge is 2.09. The summed E-state index contributed by atoms with van der Waals surface area (Å²) in [5.41, 5.74) is 2.77. The van der Waals surface area contributed by atoms with Crippen LogP contribution >= 0.6 is 0 Å². The van der Waals surface area contributed by atoms with Crippen LogP contribution < -0.4 is 4.90 Å². The number of aliphatic hydroxyl groups excluding tert-OH is 1. The summed E-state index contributed by atoms with van der Waals surface area (Å²) >= 11 is 0. The zero-order valence-corrected chi connectivity index (χ0v) is 11.8. The summed E-state index contributed by atoms with van der Waals surface area (Å²) in [6.07, 6.45) is 0. The number of hydrogen-bond donors (Lipinski definition) is 1. The van der Waals surface area contributed by atoms with Crippen molar-refractivity contribution in [3.63, 3.8) is 0 Å². The third-order valence-electron chi connectivity index (χ3n) is 3.20. The Bertz CT molecular complexity index is 554. The highest BCUT2D eigenvalue weighted by atomic mass is 16.3. The lowest BCUT2D eigenvalue weighted by Gasteiger charge is -2.23. The first-order valence-corrected chi connectivity index (χ1v) is 6.47. The molecule has 1 aromatic heterocycles. The number of nitrogens with zero attached hydrogens (tertiary/aromatic N) is 3. The summed E-state index contributed by atoms with van der Waals surface area (Å²) in [6.45, 7) is 1.90. The Morgan fingerprint density at radius 3 is 2.53 bits per heavy atom. The van der Waals surface area contributed by atoms with Gasteiger partial charge in [-0.25, -0.2) is 0 Å². The molecule has 0 saturated heterocycles. The van der Waals surface area contributed by atoms with Gasteiger partial charge in [0.2, 0.25) is 0 Å². The highest BCUT2D eigenvalue weighted by Crippen LogP contribution is 2.25. The molecule has 2 rings (SSSR count). The highest BCUT2D eigenvalue weighted by molar-refractivity contribution is 5.91. The van der Waals surface area contributed by atoms with Gasteiger partial charge in [0.05, 0.1) is 17.8 Å². The van der Waals surface area contributed by atoms with Gasteiger partial charge in [0.25, 0.3) is 0 Å². The van der Waals surface area contributed by atoms with Crippen molar-refractivity contribution in [3.8, 4) is 0 Å². The van der Waals surface area contributed by atoms with Crippen LogP contribution in [0.5, 0.6) is 0 Å². The van der Waals surface area contributed by atoms with Crippen LogP contribution in [0.3, 0.4) is 0 Å². The molecule has 4 nitrogen and oxygen atoms in total. The lowest BCUT2D eigenvalue weighted by atomic mass is 10.1. The number of aromatic nitrogens is 1. The summed E-state index contributed by atoms with van der Waals surface area (Å²) in [6, 6.07) is 10.0. The second-order valence-corrected chi connectivity index (χ2v) is 5.03. The Balaban J connectivity index is 2.39. The van der Waals surface area contributed by atoms with Crippen molar-refractivity contribution in [2.24, 2.45) is 0 Å². The fourth-order valence-electron chi connectivity index (χ4n) is 2.08. The van der Waals surface area contributed by atoms with Crippen LogP contribution in [0.2, 0.25) is 0 Å². The van der Waals surface area contributed by atoms with Crippen molar-refractivity contribution >= 4 is 16.6 Å². The number of hydrogen-bond acceptors (Lipinski definition) is 4. The van der Waals surface area contributed by atoms with E-state index in [0.29, 0.717) is 5.69 Å². The van der Waals surface area contributed by atoms with Crippen LogP contribution in [0.4, 0.5) is 5.69 Å². The largest absolute Gasteiger partial charge is 0.390 e. The van der Waals surface area contributed by atoms with E-state index < -0.39 is 0 Å². The van der Waals surface area contributed by atoms with Crippen LogP contribution in [0.25, 0.3) is 10.9 Å². The van der Waals surface area contributed by atoms with Gasteiger partial charge in [0, 0.05) is 31.2 Å². The monoisotopic (exact) mass is 259 g/mol. The molecular formula is C15H21N3O. The van der Waals surface area contributed by atoms with E-state index >= 15 is 0 Å². The van der Waals surface area contributed by atoms with Gasteiger partial charge in [-0.15, -0.1) is 0 Å². The maximum absolute atomic E-state index is 9.33. The molecule has 1 N–H and O–H groups in total. The van der Waals surface area contributed by atoms with E-state index in [9.17, 15) is 5.11 Å². The minimum Gasteiger partial charge on any atom is -0.390 e. The van der Waals surface area contributed by atoms with Crippen LogP contribution in [0.1, 0.15) is 5.69 Å². The summed E-state index contributed by atoms with van der Waals surface area (Å²) in [5, 5.41) is 10.5. The van der Waals surface area contributed by atoms with Crippen LogP contribution in [-0.4, -0.2) is 49.2 Å². The molecule has 0 saturated carbocycles. The van der Waals surface area contributed by atoms with Gasteiger partial charge >= 0.3 is 0 Å². The second kappa shape index (κ2) is 5.99. The molecule has 0 fully saturated rings. The maximum Gasteiger partial charge on any atom is 0.0854 e. The predicted octanol–water partition coefficient (Wildman–Crippen LogP) is 1.72. The number of fused-ring (bicyclic) bond motifs is 1. The van der Waals surface area contributed by atoms with E-state index in [1.165, 1.54) is 0 Å². The van der Waals surface area contributed by atoms with E-state index in [1.54, 1.807) is 0 Å². The SMILES string of the molecule is CN(C)CCN(C)c1cc(CO)nc2ccccc12. The van der Waals surface area contributed by atoms with E-state index in [2.05, 4.69) is 42.0 Å². The molecule has 0 amide bonds. The fraction of sp³-hybridized carbons (Fsp3) is 0.400. The van der Waals surface area contributed by atoms with Crippen LogP contribution in [-0.2, 0) is 6.61 Å². The average molecular weight is 259 g/mol. The number of rotatable bonds is 5. The summed E-state index contributed by atoms with van der Waals surface area (Å²) < 4.78 is 0. The van der Waals surface area contributed by atoms with Gasteiger partial charge < -0.3 is 14.9 Å². The lowest BCUT2D eigenvalue weighted by Crippen LogP contribution is -2.28. The minimum absolute atomic E-state index is 0.0284. The molecular weight excluding hydrogens is 238 g/mol. The first-order chi connectivity index (χ1) is 9.11. The number of likely N-dealkylation sites (N-methyl/N-ethyl adjacent to an activating group) is 2. The number of para-hydroxylation sites is 1. The smallest absolute Gasteiger partial charge is 0.0854 e. The number of benzene rings is 1. The van der Waals surface area contributed by atoms with Gasteiger partial charge in [0.15, 0.2) is 0 Å². The molecule has 0 radical (unpaired) electrons. The van der Waals surface area contributed by atoms with Crippen molar-refractivity contribution < 1.29 is 5.11 Å². The topological polar surface area (TPSA) is 39.6 Å². The first kappa shape index (κ1) is 13.8. The van der Waals surface area contributed by atoms with Crippen LogP contribution in [0, 0.1) is 0 Å². The molecule has 102 valence electrons. The van der Waals surface area contributed by atoms with Crippen molar-refractivity contribution in [2.75, 3.05) is 39.1 Å². The fourth-order valence-corrected chi connectivity index (χ4v) is 2.08. The van der Waals surface area contributed by atoms with E-state index in [1.807, 2.05) is 24.3 Å². The maximum atomic E-state index is 9.33. The molecule has 19 heavy (non-hydrogen) atoms. The standard InChI is InChI=1S/C15H21N3O/c1-17(2)8-9-18(3)15-10-12(11-19)16-14-7-5-4-6-13(14)15/h4-7,10,19H,8-9,11H2,1-3H3. The quantitative estimate of drug-likeness (QED) is 0.887. The zero-order chi connectivity index (χ0) is 13.8. The average Bonchev–Trinajstić information content (AvgIpc) is 2.43. The molecule has 1 heterocycles. The Kier molecular flexibility index (Phi) is 4.35. The number of pyridine rings is 1. The third-order valence-corrected chi connectivity index (χ3v) is 3.20. The van der Waals surface area contributed by atoms with Crippen molar-refractivity contribution in [2.45, 2.75) is 6.61 Å². The zero-order valence-electron chi connectivity index (χ0n) is 11.8. The Hall–Kier alpha value is -1.65. The van der Waals surface area contributed by atoms with Crippen molar-refractivity contribution in [3.05, 3.63) is 36.0 Å².